The molecule has 0 spiro atoms. The van der Waals surface area contributed by atoms with Gasteiger partial charge in [-0.3, -0.25) is 9.59 Å². The lowest BCUT2D eigenvalue weighted by Crippen LogP contribution is -2.36. The van der Waals surface area contributed by atoms with E-state index in [1.165, 1.54) is 0 Å². The van der Waals surface area contributed by atoms with Crippen LogP contribution in [0, 0.1) is 0 Å². The zero-order chi connectivity index (χ0) is 14.5. The minimum atomic E-state index is -0.0938. The summed E-state index contributed by atoms with van der Waals surface area (Å²) in [5.74, 6) is 0.812. The van der Waals surface area contributed by atoms with Crippen LogP contribution in [0.15, 0.2) is 24.3 Å². The molecule has 0 aromatic heterocycles. The van der Waals surface area contributed by atoms with Gasteiger partial charge in [0, 0.05) is 25.1 Å². The number of ether oxygens (including phenoxy) is 1. The van der Waals surface area contributed by atoms with Gasteiger partial charge in [0.1, 0.15) is 5.75 Å². The minimum Gasteiger partial charge on any atom is -0.497 e. The number of benzene rings is 1. The van der Waals surface area contributed by atoms with E-state index in [0.29, 0.717) is 19.4 Å². The smallest absolute Gasteiger partial charge is 0.229 e. The fourth-order valence-corrected chi connectivity index (χ4v) is 2.34. The number of anilines is 1. The summed E-state index contributed by atoms with van der Waals surface area (Å²) in [7, 11) is 1.61. The van der Waals surface area contributed by atoms with E-state index in [4.69, 9.17) is 4.74 Å². The third kappa shape index (κ3) is 3.29. The van der Waals surface area contributed by atoms with Crippen LogP contribution < -0.4 is 15.0 Å². The Morgan fingerprint density at radius 1 is 1.40 bits per heavy atom. The number of amides is 2. The summed E-state index contributed by atoms with van der Waals surface area (Å²) in [6.45, 7) is 2.49. The third-order valence-electron chi connectivity index (χ3n) is 3.35. The van der Waals surface area contributed by atoms with E-state index in [0.717, 1.165) is 17.9 Å². The summed E-state index contributed by atoms with van der Waals surface area (Å²) in [6, 6.07) is 7.26. The van der Waals surface area contributed by atoms with Crippen LogP contribution >= 0.6 is 0 Å². The molecule has 1 aromatic rings. The molecule has 20 heavy (non-hydrogen) atoms. The Kier molecular flexibility index (Phi) is 4.61. The maximum absolute atomic E-state index is 12.0. The molecule has 1 heterocycles. The van der Waals surface area contributed by atoms with Crippen molar-refractivity contribution in [3.05, 3.63) is 24.3 Å². The summed E-state index contributed by atoms with van der Waals surface area (Å²) in [6.07, 6.45) is 1.68. The van der Waals surface area contributed by atoms with E-state index in [9.17, 15) is 9.59 Å². The molecule has 108 valence electrons. The molecule has 0 bridgehead atoms. The Balaban J connectivity index is 1.99. The number of hydrogen-bond acceptors (Lipinski definition) is 3. The molecule has 1 aromatic carbocycles. The largest absolute Gasteiger partial charge is 0.497 e. The standard InChI is InChI=1S/C15H20N2O3/c1-3-4-14(18)16-11-9-15(19)17(10-11)12-5-7-13(20-2)8-6-12/h5-8,11H,3-4,9-10H2,1-2H3,(H,16,18)/t11-/m1/s1. The van der Waals surface area contributed by atoms with Crippen molar-refractivity contribution in [3.8, 4) is 5.75 Å². The second-order valence-electron chi connectivity index (χ2n) is 4.92. The zero-order valence-electron chi connectivity index (χ0n) is 11.9. The number of carbonyl (C=O) groups is 2. The van der Waals surface area contributed by atoms with Crippen LogP contribution in [0.4, 0.5) is 5.69 Å². The van der Waals surface area contributed by atoms with Gasteiger partial charge in [-0.15, -0.1) is 0 Å². The third-order valence-corrected chi connectivity index (χ3v) is 3.35. The molecule has 1 aliphatic heterocycles. The molecule has 2 rings (SSSR count). The van der Waals surface area contributed by atoms with Crippen molar-refractivity contribution >= 4 is 17.5 Å². The monoisotopic (exact) mass is 276 g/mol. The van der Waals surface area contributed by atoms with Crippen LogP contribution in [-0.2, 0) is 9.59 Å². The van der Waals surface area contributed by atoms with Crippen molar-refractivity contribution in [1.82, 2.24) is 5.32 Å². The fourth-order valence-electron chi connectivity index (χ4n) is 2.34. The minimum absolute atomic E-state index is 0.0156. The molecule has 5 nitrogen and oxygen atoms in total. The van der Waals surface area contributed by atoms with Gasteiger partial charge in [0.15, 0.2) is 0 Å². The summed E-state index contributed by atoms with van der Waals surface area (Å²) in [5, 5.41) is 2.91. The predicted molar refractivity (Wildman–Crippen MR) is 76.8 cm³/mol. The molecule has 1 atom stereocenters. The van der Waals surface area contributed by atoms with Gasteiger partial charge in [0.2, 0.25) is 11.8 Å². The fraction of sp³-hybridized carbons (Fsp3) is 0.467. The zero-order valence-corrected chi connectivity index (χ0v) is 11.9. The summed E-state index contributed by atoms with van der Waals surface area (Å²) in [5.41, 5.74) is 0.836. The van der Waals surface area contributed by atoms with Gasteiger partial charge in [0.25, 0.3) is 0 Å². The van der Waals surface area contributed by atoms with Crippen molar-refractivity contribution in [2.24, 2.45) is 0 Å². The number of nitrogens with zero attached hydrogens (tertiary/aromatic N) is 1. The van der Waals surface area contributed by atoms with Gasteiger partial charge >= 0.3 is 0 Å². The van der Waals surface area contributed by atoms with E-state index in [1.807, 2.05) is 31.2 Å². The molecule has 1 N–H and O–H groups in total. The Bertz CT molecular complexity index is 484. The normalized spacial score (nSPS) is 18.2. The quantitative estimate of drug-likeness (QED) is 0.890. The Hall–Kier alpha value is -2.04. The molecule has 0 radical (unpaired) electrons. The van der Waals surface area contributed by atoms with Crippen molar-refractivity contribution in [3.63, 3.8) is 0 Å². The van der Waals surface area contributed by atoms with Crippen LogP contribution in [0.1, 0.15) is 26.2 Å². The van der Waals surface area contributed by atoms with Crippen LogP contribution in [-0.4, -0.2) is 31.5 Å². The molecule has 1 aliphatic rings. The first-order chi connectivity index (χ1) is 9.63. The van der Waals surface area contributed by atoms with Crippen molar-refractivity contribution in [2.45, 2.75) is 32.2 Å². The number of carbonyl (C=O) groups excluding carboxylic acids is 2. The van der Waals surface area contributed by atoms with Gasteiger partial charge in [0.05, 0.1) is 13.2 Å². The average molecular weight is 276 g/mol. The van der Waals surface area contributed by atoms with Crippen LogP contribution in [0.2, 0.25) is 0 Å². The van der Waals surface area contributed by atoms with Crippen LogP contribution in [0.5, 0.6) is 5.75 Å². The lowest BCUT2D eigenvalue weighted by molar-refractivity contribution is -0.121. The highest BCUT2D eigenvalue weighted by atomic mass is 16.5. The molecule has 0 saturated carbocycles. The second-order valence-corrected chi connectivity index (χ2v) is 4.92. The molecule has 1 fully saturated rings. The number of rotatable bonds is 5. The summed E-state index contributed by atoms with van der Waals surface area (Å²) < 4.78 is 5.10. The maximum Gasteiger partial charge on any atom is 0.229 e. The van der Waals surface area contributed by atoms with Gasteiger partial charge in [-0.05, 0) is 30.7 Å². The maximum atomic E-state index is 12.0. The molecule has 5 heteroatoms. The SMILES string of the molecule is CCCC(=O)N[C@@H]1CC(=O)N(c2ccc(OC)cc2)C1. The van der Waals surface area contributed by atoms with E-state index in [-0.39, 0.29) is 17.9 Å². The van der Waals surface area contributed by atoms with Crippen molar-refractivity contribution in [2.75, 3.05) is 18.6 Å². The first-order valence-corrected chi connectivity index (χ1v) is 6.87. The average Bonchev–Trinajstić information content (AvgIpc) is 2.80. The van der Waals surface area contributed by atoms with Gasteiger partial charge in [-0.1, -0.05) is 6.92 Å². The Labute approximate surface area is 118 Å². The first-order valence-electron chi connectivity index (χ1n) is 6.87. The van der Waals surface area contributed by atoms with Crippen LogP contribution in [0.3, 0.4) is 0 Å². The molecule has 0 aliphatic carbocycles. The van der Waals surface area contributed by atoms with E-state index in [1.54, 1.807) is 12.0 Å². The van der Waals surface area contributed by atoms with Crippen molar-refractivity contribution < 1.29 is 14.3 Å². The highest BCUT2D eigenvalue weighted by molar-refractivity contribution is 5.96. The lowest BCUT2D eigenvalue weighted by Gasteiger charge is -2.17. The molecule has 0 unspecified atom stereocenters. The number of methoxy groups -OCH3 is 1. The molecule has 1 saturated heterocycles. The van der Waals surface area contributed by atoms with Crippen LogP contribution in [0.25, 0.3) is 0 Å². The predicted octanol–water partition coefficient (Wildman–Crippen LogP) is 1.72. The molecular weight excluding hydrogens is 256 g/mol. The topological polar surface area (TPSA) is 58.6 Å². The highest BCUT2D eigenvalue weighted by Gasteiger charge is 2.31. The number of hydrogen-bond donors (Lipinski definition) is 1. The lowest BCUT2D eigenvalue weighted by atomic mass is 10.2. The van der Waals surface area contributed by atoms with Gasteiger partial charge < -0.3 is 15.0 Å². The van der Waals surface area contributed by atoms with E-state index < -0.39 is 0 Å². The molecular formula is C15H20N2O3. The number of nitrogens with one attached hydrogen (secondary N) is 1. The summed E-state index contributed by atoms with van der Waals surface area (Å²) >= 11 is 0. The first kappa shape index (κ1) is 14.4. The van der Waals surface area contributed by atoms with Gasteiger partial charge in [-0.2, -0.15) is 0 Å². The molecule has 2 amide bonds. The Morgan fingerprint density at radius 3 is 2.70 bits per heavy atom. The second kappa shape index (κ2) is 6.41. The van der Waals surface area contributed by atoms with E-state index >= 15 is 0 Å². The van der Waals surface area contributed by atoms with Gasteiger partial charge in [-0.25, -0.2) is 0 Å². The summed E-state index contributed by atoms with van der Waals surface area (Å²) in [4.78, 5) is 25.3. The van der Waals surface area contributed by atoms with Crippen molar-refractivity contribution in [1.29, 1.82) is 0 Å². The Morgan fingerprint density at radius 2 is 2.10 bits per heavy atom. The highest BCUT2D eigenvalue weighted by Crippen LogP contribution is 2.24. The van der Waals surface area contributed by atoms with E-state index in [2.05, 4.69) is 5.32 Å².